The van der Waals surface area contributed by atoms with Gasteiger partial charge in [0, 0.05) is 22.1 Å². The lowest BCUT2D eigenvalue weighted by atomic mass is 9.95. The van der Waals surface area contributed by atoms with Crippen molar-refractivity contribution in [3.63, 3.8) is 0 Å². The minimum absolute atomic E-state index is 0.0985. The Kier molecular flexibility index (Phi) is 6.00. The Morgan fingerprint density at radius 2 is 2.25 bits per heavy atom. The van der Waals surface area contributed by atoms with Gasteiger partial charge in [-0.1, -0.05) is 22.4 Å². The van der Waals surface area contributed by atoms with Crippen LogP contribution in [0.15, 0.2) is 22.7 Å². The first-order chi connectivity index (χ1) is 9.63. The van der Waals surface area contributed by atoms with E-state index in [1.807, 2.05) is 13.1 Å². The second kappa shape index (κ2) is 7.53. The molecule has 1 saturated heterocycles. The zero-order chi connectivity index (χ0) is 14.5. The fourth-order valence-corrected chi connectivity index (χ4v) is 3.55. The number of hydrogen-bond donors (Lipinski definition) is 1. The van der Waals surface area contributed by atoms with Gasteiger partial charge in [-0.2, -0.15) is 0 Å². The van der Waals surface area contributed by atoms with E-state index in [4.69, 9.17) is 0 Å². The van der Waals surface area contributed by atoms with Crippen LogP contribution in [-0.4, -0.2) is 31.1 Å². The Bertz CT molecular complexity index is 438. The molecule has 1 aliphatic rings. The van der Waals surface area contributed by atoms with E-state index >= 15 is 0 Å². The fourth-order valence-electron chi connectivity index (χ4n) is 3.17. The van der Waals surface area contributed by atoms with Crippen LogP contribution in [0.3, 0.4) is 0 Å². The van der Waals surface area contributed by atoms with Crippen molar-refractivity contribution in [3.8, 4) is 0 Å². The van der Waals surface area contributed by atoms with Crippen molar-refractivity contribution >= 4 is 15.9 Å². The molecule has 2 atom stereocenters. The molecule has 2 rings (SSSR count). The molecule has 1 aromatic rings. The number of nitrogens with zero attached hydrogens (tertiary/aromatic N) is 1. The summed E-state index contributed by atoms with van der Waals surface area (Å²) < 4.78 is 15.0. The maximum Gasteiger partial charge on any atom is 0.128 e. The number of likely N-dealkylation sites (tertiary alicyclic amines) is 1. The number of piperidine rings is 1. The molecule has 1 N–H and O–H groups in total. The summed E-state index contributed by atoms with van der Waals surface area (Å²) in [5, 5.41) is 3.23. The molecule has 0 bridgehead atoms. The number of nitrogens with one attached hydrogen (secondary N) is 1. The summed E-state index contributed by atoms with van der Waals surface area (Å²) >= 11 is 3.45. The summed E-state index contributed by atoms with van der Waals surface area (Å²) in [6.07, 6.45) is 4.87. The number of benzene rings is 1. The predicted octanol–water partition coefficient (Wildman–Crippen LogP) is 4.11. The van der Waals surface area contributed by atoms with Crippen molar-refractivity contribution in [2.45, 2.75) is 44.7 Å². The monoisotopic (exact) mass is 342 g/mol. The number of hydrogen-bond acceptors (Lipinski definition) is 2. The molecule has 1 aliphatic heterocycles. The van der Waals surface area contributed by atoms with Gasteiger partial charge in [-0.15, -0.1) is 0 Å². The smallest absolute Gasteiger partial charge is 0.128 e. The molecular formula is C16H24BrFN2. The first-order valence-corrected chi connectivity index (χ1v) is 8.28. The van der Waals surface area contributed by atoms with Gasteiger partial charge < -0.3 is 5.32 Å². The van der Waals surface area contributed by atoms with Crippen LogP contribution in [0.4, 0.5) is 4.39 Å². The number of halogens is 2. The molecule has 2 unspecified atom stereocenters. The molecule has 0 amide bonds. The van der Waals surface area contributed by atoms with Crippen molar-refractivity contribution < 1.29 is 4.39 Å². The summed E-state index contributed by atoms with van der Waals surface area (Å²) in [6, 6.07) is 5.94. The van der Waals surface area contributed by atoms with E-state index in [1.54, 1.807) is 12.1 Å². The molecule has 0 aliphatic carbocycles. The van der Waals surface area contributed by atoms with Gasteiger partial charge >= 0.3 is 0 Å². The molecule has 0 radical (unpaired) electrons. The lowest BCUT2D eigenvalue weighted by molar-refractivity contribution is 0.0953. The highest BCUT2D eigenvalue weighted by molar-refractivity contribution is 9.10. The van der Waals surface area contributed by atoms with Gasteiger partial charge in [0.25, 0.3) is 0 Å². The lowest BCUT2D eigenvalue weighted by Crippen LogP contribution is -2.42. The quantitative estimate of drug-likeness (QED) is 0.865. The van der Waals surface area contributed by atoms with Crippen molar-refractivity contribution in [3.05, 3.63) is 34.1 Å². The molecular weight excluding hydrogens is 319 g/mol. The summed E-state index contributed by atoms with van der Waals surface area (Å²) in [5.74, 6) is -0.0985. The van der Waals surface area contributed by atoms with Crippen LogP contribution in [0, 0.1) is 5.82 Å². The van der Waals surface area contributed by atoms with Crippen LogP contribution in [0.5, 0.6) is 0 Å². The Labute approximate surface area is 129 Å². The predicted molar refractivity (Wildman–Crippen MR) is 85.4 cm³/mol. The van der Waals surface area contributed by atoms with Crippen molar-refractivity contribution in [1.29, 1.82) is 0 Å². The molecule has 4 heteroatoms. The highest BCUT2D eigenvalue weighted by atomic mass is 79.9. The molecule has 20 heavy (non-hydrogen) atoms. The first-order valence-electron chi connectivity index (χ1n) is 7.48. The first kappa shape index (κ1) is 15.9. The van der Waals surface area contributed by atoms with Gasteiger partial charge in [0.05, 0.1) is 0 Å². The summed E-state index contributed by atoms with van der Waals surface area (Å²) in [6.45, 7) is 4.22. The molecule has 1 fully saturated rings. The second-order valence-corrected chi connectivity index (χ2v) is 6.54. The minimum atomic E-state index is -0.0985. The van der Waals surface area contributed by atoms with Crippen molar-refractivity contribution in [2.75, 3.05) is 20.1 Å². The zero-order valence-corrected chi connectivity index (χ0v) is 13.9. The van der Waals surface area contributed by atoms with E-state index < -0.39 is 0 Å². The van der Waals surface area contributed by atoms with Crippen molar-refractivity contribution in [2.24, 2.45) is 0 Å². The van der Waals surface area contributed by atoms with Gasteiger partial charge in [0.2, 0.25) is 0 Å². The Morgan fingerprint density at radius 1 is 1.45 bits per heavy atom. The van der Waals surface area contributed by atoms with E-state index in [2.05, 4.69) is 33.1 Å². The lowest BCUT2D eigenvalue weighted by Gasteiger charge is -2.40. The SMILES string of the molecule is CNCCC1CCCCN1C(C)c1cc(Br)ccc1F. The van der Waals surface area contributed by atoms with Gasteiger partial charge in [-0.3, -0.25) is 4.90 Å². The van der Waals surface area contributed by atoms with Gasteiger partial charge in [0.15, 0.2) is 0 Å². The van der Waals surface area contributed by atoms with Crippen LogP contribution in [0.25, 0.3) is 0 Å². The molecule has 2 nitrogen and oxygen atoms in total. The van der Waals surface area contributed by atoms with Crippen LogP contribution in [0.2, 0.25) is 0 Å². The normalized spacial score (nSPS) is 21.9. The molecule has 0 saturated carbocycles. The maximum atomic E-state index is 14.1. The summed E-state index contributed by atoms with van der Waals surface area (Å²) in [5.41, 5.74) is 0.802. The average Bonchev–Trinajstić information content (AvgIpc) is 2.47. The van der Waals surface area contributed by atoms with Crippen molar-refractivity contribution in [1.82, 2.24) is 10.2 Å². The maximum absolute atomic E-state index is 14.1. The van der Waals surface area contributed by atoms with Gasteiger partial charge in [-0.05, 0) is 64.5 Å². The Hall–Kier alpha value is -0.450. The second-order valence-electron chi connectivity index (χ2n) is 5.62. The van der Waals surface area contributed by atoms with E-state index in [0.29, 0.717) is 6.04 Å². The third-order valence-electron chi connectivity index (χ3n) is 4.31. The van der Waals surface area contributed by atoms with Crippen LogP contribution in [0.1, 0.15) is 44.2 Å². The highest BCUT2D eigenvalue weighted by Gasteiger charge is 2.28. The third kappa shape index (κ3) is 3.80. The molecule has 0 spiro atoms. The van der Waals surface area contributed by atoms with Gasteiger partial charge in [-0.25, -0.2) is 4.39 Å². The largest absolute Gasteiger partial charge is 0.320 e. The molecule has 0 aromatic heterocycles. The van der Waals surface area contributed by atoms with E-state index in [0.717, 1.165) is 29.5 Å². The van der Waals surface area contributed by atoms with Crippen LogP contribution < -0.4 is 5.32 Å². The topological polar surface area (TPSA) is 15.3 Å². The molecule has 1 heterocycles. The van der Waals surface area contributed by atoms with E-state index in [9.17, 15) is 4.39 Å². The molecule has 1 aromatic carbocycles. The average molecular weight is 343 g/mol. The van der Waals surface area contributed by atoms with Crippen LogP contribution >= 0.6 is 15.9 Å². The van der Waals surface area contributed by atoms with Crippen LogP contribution in [-0.2, 0) is 0 Å². The zero-order valence-electron chi connectivity index (χ0n) is 12.3. The van der Waals surface area contributed by atoms with E-state index in [-0.39, 0.29) is 11.9 Å². The Balaban J connectivity index is 2.16. The minimum Gasteiger partial charge on any atom is -0.320 e. The highest BCUT2D eigenvalue weighted by Crippen LogP contribution is 2.32. The standard InChI is InChI=1S/C16H24BrFN2/c1-12(15-11-13(17)6-7-16(15)18)20-10-4-3-5-14(20)8-9-19-2/h6-7,11-12,14,19H,3-5,8-10H2,1-2H3. The third-order valence-corrected chi connectivity index (χ3v) is 4.80. The van der Waals surface area contributed by atoms with E-state index in [1.165, 1.54) is 19.3 Å². The van der Waals surface area contributed by atoms with Gasteiger partial charge in [0.1, 0.15) is 5.82 Å². The summed E-state index contributed by atoms with van der Waals surface area (Å²) in [4.78, 5) is 2.48. The summed E-state index contributed by atoms with van der Waals surface area (Å²) in [7, 11) is 1.99. The number of rotatable bonds is 5. The fraction of sp³-hybridized carbons (Fsp3) is 0.625. The molecule has 112 valence electrons. The Morgan fingerprint density at radius 3 is 3.00 bits per heavy atom.